The third-order valence-electron chi connectivity index (χ3n) is 5.49. The molecule has 168 valence electrons. The number of benzene rings is 2. The number of nitrogens with one attached hydrogen (secondary N) is 1. The molecule has 1 saturated heterocycles. The third kappa shape index (κ3) is 4.92. The normalized spacial score (nSPS) is 13.9. The van der Waals surface area contributed by atoms with Crippen molar-refractivity contribution in [3.63, 3.8) is 0 Å². The van der Waals surface area contributed by atoms with Crippen LogP contribution in [-0.4, -0.2) is 52.5 Å². The van der Waals surface area contributed by atoms with Crippen molar-refractivity contribution < 1.29 is 8.78 Å². The Balaban J connectivity index is 1.49. The van der Waals surface area contributed by atoms with Gasteiger partial charge in [0.25, 0.3) is 6.08 Å². The summed E-state index contributed by atoms with van der Waals surface area (Å²) >= 11 is 0. The van der Waals surface area contributed by atoms with E-state index in [1.54, 1.807) is 0 Å². The summed E-state index contributed by atoms with van der Waals surface area (Å²) < 4.78 is 27.7. The third-order valence-corrected chi connectivity index (χ3v) is 5.49. The second-order valence-corrected chi connectivity index (χ2v) is 7.63. The molecular formula is C22H25F2N7O. The molecule has 2 aromatic carbocycles. The highest BCUT2D eigenvalue weighted by Crippen LogP contribution is 2.24. The Morgan fingerprint density at radius 2 is 1.72 bits per heavy atom. The number of anilines is 1. The molecular weight excluding hydrogens is 416 g/mol. The number of piperazine rings is 1. The maximum Gasteiger partial charge on any atom is 0.364 e. The number of tetrazole rings is 1. The van der Waals surface area contributed by atoms with Gasteiger partial charge in [-0.2, -0.15) is 18.1 Å². The molecule has 0 atom stereocenters. The maximum atomic E-state index is 12.8. The lowest BCUT2D eigenvalue weighted by molar-refractivity contribution is 0.400. The molecule has 10 heteroatoms. The average molecular weight is 441 g/mol. The minimum absolute atomic E-state index is 0.186. The van der Waals surface area contributed by atoms with E-state index in [9.17, 15) is 13.6 Å². The van der Waals surface area contributed by atoms with Gasteiger partial charge in [-0.05, 0) is 45.3 Å². The Morgan fingerprint density at radius 1 is 1.00 bits per heavy atom. The van der Waals surface area contributed by atoms with Crippen LogP contribution in [-0.2, 0) is 13.1 Å². The van der Waals surface area contributed by atoms with E-state index in [-0.39, 0.29) is 25.2 Å². The number of nitrogens with two attached hydrogens (primary N) is 1. The molecule has 0 spiro atoms. The van der Waals surface area contributed by atoms with Crippen LogP contribution < -0.4 is 21.6 Å². The Bertz CT molecular complexity index is 1140. The summed E-state index contributed by atoms with van der Waals surface area (Å²) in [5.41, 5.74) is 8.54. The molecule has 3 aromatic rings. The zero-order valence-electron chi connectivity index (χ0n) is 17.5. The van der Waals surface area contributed by atoms with Crippen LogP contribution in [0.25, 0.3) is 11.1 Å². The predicted octanol–water partition coefficient (Wildman–Crippen LogP) is 1.67. The van der Waals surface area contributed by atoms with Crippen LogP contribution >= 0.6 is 0 Å². The zero-order valence-corrected chi connectivity index (χ0v) is 17.5. The summed E-state index contributed by atoms with van der Waals surface area (Å²) in [4.78, 5) is 14.8. The standard InChI is InChI=1S/C22H25F2N7O/c23-21(24)19(13-25)15-31-22(32)30(27-28-31)14-16-2-1-3-18(12-16)17-4-6-20(7-5-17)29-10-8-26-9-11-29/h1-7,12,26H,8-11,13-15,25H2. The van der Waals surface area contributed by atoms with Gasteiger partial charge in [0.05, 0.1) is 13.1 Å². The minimum Gasteiger partial charge on any atom is -0.369 e. The molecule has 2 heterocycles. The predicted molar refractivity (Wildman–Crippen MR) is 119 cm³/mol. The van der Waals surface area contributed by atoms with Crippen molar-refractivity contribution in [2.24, 2.45) is 5.73 Å². The van der Waals surface area contributed by atoms with Gasteiger partial charge >= 0.3 is 5.69 Å². The van der Waals surface area contributed by atoms with E-state index in [4.69, 9.17) is 5.73 Å². The van der Waals surface area contributed by atoms with Crippen molar-refractivity contribution in [3.8, 4) is 11.1 Å². The summed E-state index contributed by atoms with van der Waals surface area (Å²) in [5, 5.41) is 10.9. The van der Waals surface area contributed by atoms with Crippen LogP contribution in [0.1, 0.15) is 5.56 Å². The van der Waals surface area contributed by atoms with Crippen LogP contribution in [0.15, 0.2) is 65.0 Å². The van der Waals surface area contributed by atoms with Crippen LogP contribution in [0.5, 0.6) is 0 Å². The lowest BCUT2D eigenvalue weighted by atomic mass is 10.0. The van der Waals surface area contributed by atoms with Crippen molar-refractivity contribution >= 4 is 5.69 Å². The fraction of sp³-hybridized carbons (Fsp3) is 0.318. The van der Waals surface area contributed by atoms with Gasteiger partial charge in [0.2, 0.25) is 0 Å². The van der Waals surface area contributed by atoms with Gasteiger partial charge in [-0.15, -0.1) is 0 Å². The smallest absolute Gasteiger partial charge is 0.364 e. The molecule has 32 heavy (non-hydrogen) atoms. The first-order valence-corrected chi connectivity index (χ1v) is 10.4. The van der Waals surface area contributed by atoms with E-state index in [1.165, 1.54) is 5.69 Å². The van der Waals surface area contributed by atoms with E-state index in [0.717, 1.165) is 52.2 Å². The van der Waals surface area contributed by atoms with Crippen molar-refractivity contribution in [2.75, 3.05) is 37.6 Å². The molecule has 0 unspecified atom stereocenters. The van der Waals surface area contributed by atoms with Gasteiger partial charge in [-0.25, -0.2) is 4.79 Å². The Labute approximate surface area is 183 Å². The average Bonchev–Trinajstić information content (AvgIpc) is 3.17. The van der Waals surface area contributed by atoms with Crippen molar-refractivity contribution in [1.82, 2.24) is 25.1 Å². The van der Waals surface area contributed by atoms with E-state index >= 15 is 0 Å². The molecule has 0 radical (unpaired) electrons. The second-order valence-electron chi connectivity index (χ2n) is 7.63. The van der Waals surface area contributed by atoms with Gasteiger partial charge in [0, 0.05) is 44.0 Å². The van der Waals surface area contributed by atoms with Crippen molar-refractivity contribution in [3.05, 3.63) is 76.2 Å². The number of hydrogen-bond acceptors (Lipinski definition) is 6. The highest BCUT2D eigenvalue weighted by molar-refractivity contribution is 5.67. The lowest BCUT2D eigenvalue weighted by Crippen LogP contribution is -2.43. The number of halogens is 2. The van der Waals surface area contributed by atoms with Crippen molar-refractivity contribution in [1.29, 1.82) is 0 Å². The molecule has 1 aromatic heterocycles. The molecule has 4 rings (SSSR count). The summed E-state index contributed by atoms with van der Waals surface area (Å²) in [5.74, 6) is 0. The summed E-state index contributed by atoms with van der Waals surface area (Å²) in [6, 6.07) is 16.2. The number of hydrogen-bond donors (Lipinski definition) is 2. The molecule has 0 saturated carbocycles. The molecule has 8 nitrogen and oxygen atoms in total. The van der Waals surface area contributed by atoms with Gasteiger partial charge in [-0.3, -0.25) is 0 Å². The molecule has 1 aliphatic rings. The Kier molecular flexibility index (Phi) is 6.72. The van der Waals surface area contributed by atoms with Gasteiger partial charge in [0.15, 0.2) is 0 Å². The fourth-order valence-corrected chi connectivity index (χ4v) is 3.70. The van der Waals surface area contributed by atoms with Gasteiger partial charge in [-0.1, -0.05) is 30.3 Å². The van der Waals surface area contributed by atoms with E-state index in [1.807, 2.05) is 24.3 Å². The van der Waals surface area contributed by atoms with Crippen LogP contribution in [0.3, 0.4) is 0 Å². The lowest BCUT2D eigenvalue weighted by Gasteiger charge is -2.29. The highest BCUT2D eigenvalue weighted by Gasteiger charge is 2.13. The zero-order chi connectivity index (χ0) is 22.5. The molecule has 0 aliphatic carbocycles. The number of nitrogens with zero attached hydrogens (tertiary/aromatic N) is 5. The quantitative estimate of drug-likeness (QED) is 0.580. The first kappa shape index (κ1) is 21.8. The SMILES string of the molecule is NCC(Cn1nnn(Cc2cccc(-c3ccc(N4CCNCC4)cc3)c2)c1=O)=C(F)F. The van der Waals surface area contributed by atoms with E-state index < -0.39 is 11.8 Å². The maximum absolute atomic E-state index is 12.8. The fourth-order valence-electron chi connectivity index (χ4n) is 3.70. The first-order chi connectivity index (χ1) is 15.5. The second kappa shape index (κ2) is 9.84. The van der Waals surface area contributed by atoms with Gasteiger partial charge in [0.1, 0.15) is 0 Å². The van der Waals surface area contributed by atoms with Gasteiger partial charge < -0.3 is 16.0 Å². The molecule has 1 aliphatic heterocycles. The van der Waals surface area contributed by atoms with Crippen LogP contribution in [0, 0.1) is 0 Å². The molecule has 1 fully saturated rings. The minimum atomic E-state index is -1.90. The van der Waals surface area contributed by atoms with E-state index in [2.05, 4.69) is 44.9 Å². The Morgan fingerprint density at radius 3 is 2.41 bits per heavy atom. The van der Waals surface area contributed by atoms with Crippen LogP contribution in [0.2, 0.25) is 0 Å². The number of aromatic nitrogens is 4. The summed E-state index contributed by atoms with van der Waals surface area (Å²) in [6.07, 6.45) is -1.90. The van der Waals surface area contributed by atoms with Crippen LogP contribution in [0.4, 0.5) is 14.5 Å². The van der Waals surface area contributed by atoms with E-state index in [0.29, 0.717) is 0 Å². The number of rotatable bonds is 7. The molecule has 0 amide bonds. The highest BCUT2D eigenvalue weighted by atomic mass is 19.3. The molecule has 0 bridgehead atoms. The molecule has 3 N–H and O–H groups in total. The topological polar surface area (TPSA) is 94.0 Å². The summed E-state index contributed by atoms with van der Waals surface area (Å²) in [6.45, 7) is 3.41. The first-order valence-electron chi connectivity index (χ1n) is 10.4. The summed E-state index contributed by atoms with van der Waals surface area (Å²) in [7, 11) is 0. The van der Waals surface area contributed by atoms with Crippen molar-refractivity contribution in [2.45, 2.75) is 13.1 Å². The largest absolute Gasteiger partial charge is 0.369 e. The Hall–Kier alpha value is -3.37. The monoisotopic (exact) mass is 441 g/mol.